The lowest BCUT2D eigenvalue weighted by molar-refractivity contribution is 0.348. The molecule has 2 N–H and O–H groups in total. The van der Waals surface area contributed by atoms with Gasteiger partial charge in [-0.25, -0.2) is 0 Å². The second kappa shape index (κ2) is 5.96. The Labute approximate surface area is 112 Å². The Hall–Kier alpha value is -1.42. The summed E-state index contributed by atoms with van der Waals surface area (Å²) in [6.45, 7) is 5.08. The van der Waals surface area contributed by atoms with E-state index in [9.17, 15) is 0 Å². The molecule has 3 nitrogen and oxygen atoms in total. The molecule has 0 saturated carbocycles. The van der Waals surface area contributed by atoms with Crippen molar-refractivity contribution < 1.29 is 4.74 Å². The minimum Gasteiger partial charge on any atom is -0.492 e. The zero-order chi connectivity index (χ0) is 13.0. The molecular formula is C14H18N2OS. The monoisotopic (exact) mass is 262 g/mol. The van der Waals surface area contributed by atoms with Gasteiger partial charge in [0.2, 0.25) is 0 Å². The van der Waals surface area contributed by atoms with E-state index in [0.717, 1.165) is 22.4 Å². The smallest absolute Gasteiger partial charge is 0.128 e. The molecule has 0 radical (unpaired) electrons. The number of nitrogen functional groups attached to an aromatic ring is 1. The molecule has 2 rings (SSSR count). The van der Waals surface area contributed by atoms with Gasteiger partial charge in [0.25, 0.3) is 0 Å². The molecule has 2 aromatic rings. The fraction of sp³-hybridized carbons (Fsp3) is 0.357. The largest absolute Gasteiger partial charge is 0.492 e. The zero-order valence-corrected chi connectivity index (χ0v) is 11.5. The first-order valence-electron chi connectivity index (χ1n) is 6.06. The minimum atomic E-state index is 0.637. The Balaban J connectivity index is 2.11. The van der Waals surface area contributed by atoms with Crippen molar-refractivity contribution in [1.82, 2.24) is 4.98 Å². The van der Waals surface area contributed by atoms with Gasteiger partial charge in [-0.3, -0.25) is 4.98 Å². The van der Waals surface area contributed by atoms with Crippen LogP contribution in [0.15, 0.2) is 30.5 Å². The van der Waals surface area contributed by atoms with Crippen molar-refractivity contribution in [2.24, 2.45) is 0 Å². The molecule has 0 amide bonds. The van der Waals surface area contributed by atoms with Gasteiger partial charge in [-0.1, -0.05) is 13.8 Å². The number of anilines is 1. The second-order valence-corrected chi connectivity index (χ2v) is 6.00. The lowest BCUT2D eigenvalue weighted by Crippen LogP contribution is -2.03. The summed E-state index contributed by atoms with van der Waals surface area (Å²) in [5.74, 6) is 1.85. The van der Waals surface area contributed by atoms with Crippen LogP contribution in [0.25, 0.3) is 10.9 Å². The number of nitrogens with two attached hydrogens (primary N) is 1. The number of thioether (sulfide) groups is 1. The van der Waals surface area contributed by atoms with Gasteiger partial charge in [0, 0.05) is 17.3 Å². The first-order chi connectivity index (χ1) is 8.68. The fourth-order valence-corrected chi connectivity index (χ4v) is 2.38. The maximum atomic E-state index is 5.90. The standard InChI is InChI=1S/C14H18N2OS/c1-10(2)18-9-8-17-13-6-5-12(15)14-11(13)4-3-7-16-14/h3-7,10H,8-9,15H2,1-2H3. The van der Waals surface area contributed by atoms with Crippen molar-refractivity contribution in [3.63, 3.8) is 0 Å². The van der Waals surface area contributed by atoms with Crippen LogP contribution in [-0.2, 0) is 0 Å². The van der Waals surface area contributed by atoms with Crippen LogP contribution in [0.1, 0.15) is 13.8 Å². The van der Waals surface area contributed by atoms with Gasteiger partial charge >= 0.3 is 0 Å². The van der Waals surface area contributed by atoms with E-state index in [-0.39, 0.29) is 0 Å². The number of pyridine rings is 1. The van der Waals surface area contributed by atoms with Gasteiger partial charge in [0.05, 0.1) is 17.8 Å². The van der Waals surface area contributed by atoms with Crippen molar-refractivity contribution >= 4 is 28.4 Å². The molecule has 1 heterocycles. The molecule has 0 bridgehead atoms. The molecule has 0 fully saturated rings. The van der Waals surface area contributed by atoms with Crippen LogP contribution in [-0.4, -0.2) is 22.6 Å². The van der Waals surface area contributed by atoms with Crippen molar-refractivity contribution in [1.29, 1.82) is 0 Å². The lowest BCUT2D eigenvalue weighted by atomic mass is 10.2. The van der Waals surface area contributed by atoms with E-state index in [1.165, 1.54) is 0 Å². The van der Waals surface area contributed by atoms with Crippen LogP contribution < -0.4 is 10.5 Å². The second-order valence-electron chi connectivity index (χ2n) is 4.32. The predicted molar refractivity (Wildman–Crippen MR) is 79.2 cm³/mol. The van der Waals surface area contributed by atoms with Crippen LogP contribution in [0.5, 0.6) is 5.75 Å². The summed E-state index contributed by atoms with van der Waals surface area (Å²) in [4.78, 5) is 4.29. The summed E-state index contributed by atoms with van der Waals surface area (Å²) in [5, 5.41) is 1.62. The molecular weight excluding hydrogens is 244 g/mol. The van der Waals surface area contributed by atoms with Crippen LogP contribution in [0.4, 0.5) is 5.69 Å². The van der Waals surface area contributed by atoms with Gasteiger partial charge in [0.1, 0.15) is 5.75 Å². The highest BCUT2D eigenvalue weighted by molar-refractivity contribution is 7.99. The van der Waals surface area contributed by atoms with Crippen molar-refractivity contribution in [3.05, 3.63) is 30.5 Å². The van der Waals surface area contributed by atoms with Crippen molar-refractivity contribution in [2.75, 3.05) is 18.1 Å². The summed E-state index contributed by atoms with van der Waals surface area (Å²) < 4.78 is 5.81. The highest BCUT2D eigenvalue weighted by atomic mass is 32.2. The number of ether oxygens (including phenoxy) is 1. The topological polar surface area (TPSA) is 48.1 Å². The van der Waals surface area contributed by atoms with E-state index in [0.29, 0.717) is 17.5 Å². The zero-order valence-electron chi connectivity index (χ0n) is 10.7. The highest BCUT2D eigenvalue weighted by Crippen LogP contribution is 2.28. The Morgan fingerprint density at radius 1 is 1.33 bits per heavy atom. The molecule has 96 valence electrons. The number of nitrogens with zero attached hydrogens (tertiary/aromatic N) is 1. The average molecular weight is 262 g/mol. The SMILES string of the molecule is CC(C)SCCOc1ccc(N)c2ncccc12. The quantitative estimate of drug-likeness (QED) is 0.663. The Morgan fingerprint density at radius 2 is 2.17 bits per heavy atom. The normalized spacial score (nSPS) is 11.1. The third-order valence-electron chi connectivity index (χ3n) is 2.55. The number of benzene rings is 1. The number of hydrogen-bond acceptors (Lipinski definition) is 4. The van der Waals surface area contributed by atoms with E-state index < -0.39 is 0 Å². The molecule has 0 atom stereocenters. The van der Waals surface area contributed by atoms with Gasteiger partial charge in [0.15, 0.2) is 0 Å². The van der Waals surface area contributed by atoms with E-state index >= 15 is 0 Å². The summed E-state index contributed by atoms with van der Waals surface area (Å²) >= 11 is 1.89. The van der Waals surface area contributed by atoms with E-state index in [1.807, 2.05) is 36.0 Å². The summed E-state index contributed by atoms with van der Waals surface area (Å²) in [6, 6.07) is 7.65. The van der Waals surface area contributed by atoms with Crippen molar-refractivity contribution in [3.8, 4) is 5.75 Å². The lowest BCUT2D eigenvalue weighted by Gasteiger charge is -2.10. The number of hydrogen-bond donors (Lipinski definition) is 1. The predicted octanol–water partition coefficient (Wildman–Crippen LogP) is 3.34. The minimum absolute atomic E-state index is 0.637. The number of rotatable bonds is 5. The molecule has 4 heteroatoms. The van der Waals surface area contributed by atoms with E-state index in [1.54, 1.807) is 6.20 Å². The van der Waals surface area contributed by atoms with Gasteiger partial charge in [-0.05, 0) is 29.5 Å². The number of fused-ring (bicyclic) bond motifs is 1. The van der Waals surface area contributed by atoms with Gasteiger partial charge in [-0.15, -0.1) is 0 Å². The highest BCUT2D eigenvalue weighted by Gasteiger charge is 2.05. The molecule has 0 aliphatic carbocycles. The van der Waals surface area contributed by atoms with E-state index in [2.05, 4.69) is 18.8 Å². The van der Waals surface area contributed by atoms with Crippen LogP contribution in [0.3, 0.4) is 0 Å². The Morgan fingerprint density at radius 3 is 2.94 bits per heavy atom. The van der Waals surface area contributed by atoms with Crippen molar-refractivity contribution in [2.45, 2.75) is 19.1 Å². The summed E-state index contributed by atoms with van der Waals surface area (Å²) in [6.07, 6.45) is 1.75. The maximum absolute atomic E-state index is 5.90. The summed E-state index contributed by atoms with van der Waals surface area (Å²) in [7, 11) is 0. The molecule has 0 spiro atoms. The summed E-state index contributed by atoms with van der Waals surface area (Å²) in [5.41, 5.74) is 7.40. The van der Waals surface area contributed by atoms with Crippen LogP contribution in [0.2, 0.25) is 0 Å². The van der Waals surface area contributed by atoms with Gasteiger partial charge in [-0.2, -0.15) is 11.8 Å². The third-order valence-corrected chi connectivity index (χ3v) is 3.62. The first kappa shape index (κ1) is 13.0. The third kappa shape index (κ3) is 3.07. The Bertz CT molecular complexity index is 528. The Kier molecular flexibility index (Phi) is 4.31. The molecule has 18 heavy (non-hydrogen) atoms. The fourth-order valence-electron chi connectivity index (χ4n) is 1.73. The molecule has 0 saturated heterocycles. The molecule has 0 unspecified atom stereocenters. The molecule has 0 aliphatic rings. The average Bonchev–Trinajstić information content (AvgIpc) is 2.37. The molecule has 1 aromatic carbocycles. The first-order valence-corrected chi connectivity index (χ1v) is 7.11. The van der Waals surface area contributed by atoms with E-state index in [4.69, 9.17) is 10.5 Å². The number of aromatic nitrogens is 1. The maximum Gasteiger partial charge on any atom is 0.128 e. The molecule has 1 aromatic heterocycles. The van der Waals surface area contributed by atoms with Crippen LogP contribution >= 0.6 is 11.8 Å². The van der Waals surface area contributed by atoms with Crippen LogP contribution in [0, 0.1) is 0 Å². The van der Waals surface area contributed by atoms with Gasteiger partial charge < -0.3 is 10.5 Å². The molecule has 0 aliphatic heterocycles.